The molecule has 0 bridgehead atoms. The highest BCUT2D eigenvalue weighted by Gasteiger charge is 2.12. The van der Waals surface area contributed by atoms with E-state index in [4.69, 9.17) is 4.74 Å². The Morgan fingerprint density at radius 3 is 2.70 bits per heavy atom. The van der Waals surface area contributed by atoms with Gasteiger partial charge in [0.1, 0.15) is 5.75 Å². The molecule has 3 rings (SSSR count). The number of benzene rings is 1. The van der Waals surface area contributed by atoms with Gasteiger partial charge in [0, 0.05) is 6.54 Å². The number of amides is 2. The average molecular weight is 421 g/mol. The van der Waals surface area contributed by atoms with E-state index in [2.05, 4.69) is 20.8 Å². The standard InChI is InChI=1S/C17H16N4O3S3/c1-24-12-6-4-11(5-7-12)9-18-14(22)10-26-17-21-20-16(27-17)19-15(23)13-3-2-8-25-13/h2-8H,9-10H2,1H3,(H,18,22)(H,19,20,23). The first kappa shape index (κ1) is 19.3. The first-order valence-electron chi connectivity index (χ1n) is 7.85. The predicted molar refractivity (Wildman–Crippen MR) is 108 cm³/mol. The van der Waals surface area contributed by atoms with Crippen molar-refractivity contribution in [1.82, 2.24) is 15.5 Å². The quantitative estimate of drug-likeness (QED) is 0.429. The molecule has 3 aromatic rings. The zero-order chi connectivity index (χ0) is 19.1. The van der Waals surface area contributed by atoms with Crippen molar-refractivity contribution in [2.45, 2.75) is 10.9 Å². The lowest BCUT2D eigenvalue weighted by molar-refractivity contribution is -0.118. The molecule has 1 aromatic carbocycles. The predicted octanol–water partition coefficient (Wildman–Crippen LogP) is 3.27. The molecule has 0 saturated carbocycles. The molecule has 0 saturated heterocycles. The van der Waals surface area contributed by atoms with Crippen LogP contribution < -0.4 is 15.4 Å². The summed E-state index contributed by atoms with van der Waals surface area (Å²) in [6.45, 7) is 0.446. The van der Waals surface area contributed by atoms with Crippen molar-refractivity contribution in [2.24, 2.45) is 0 Å². The average Bonchev–Trinajstić information content (AvgIpc) is 3.37. The van der Waals surface area contributed by atoms with Gasteiger partial charge in [-0.05, 0) is 29.1 Å². The fourth-order valence-corrected chi connectivity index (χ4v) is 4.20. The van der Waals surface area contributed by atoms with Crippen LogP contribution in [-0.2, 0) is 11.3 Å². The maximum Gasteiger partial charge on any atom is 0.267 e. The third kappa shape index (κ3) is 5.78. The van der Waals surface area contributed by atoms with E-state index >= 15 is 0 Å². The van der Waals surface area contributed by atoms with Crippen LogP contribution in [0.25, 0.3) is 0 Å². The summed E-state index contributed by atoms with van der Waals surface area (Å²) in [5.41, 5.74) is 0.989. The monoisotopic (exact) mass is 420 g/mol. The number of thiophene rings is 1. The fraction of sp³-hybridized carbons (Fsp3) is 0.176. The number of carbonyl (C=O) groups excluding carboxylic acids is 2. The molecule has 2 heterocycles. The van der Waals surface area contributed by atoms with Crippen molar-refractivity contribution in [3.63, 3.8) is 0 Å². The third-order valence-electron chi connectivity index (χ3n) is 3.35. The molecule has 2 amide bonds. The highest BCUT2D eigenvalue weighted by molar-refractivity contribution is 8.01. The van der Waals surface area contributed by atoms with Crippen molar-refractivity contribution in [2.75, 3.05) is 18.2 Å². The van der Waals surface area contributed by atoms with Gasteiger partial charge in [-0.1, -0.05) is 41.3 Å². The molecule has 0 fully saturated rings. The first-order valence-corrected chi connectivity index (χ1v) is 10.5. The summed E-state index contributed by atoms with van der Waals surface area (Å²) in [5.74, 6) is 0.688. The largest absolute Gasteiger partial charge is 0.497 e. The maximum absolute atomic E-state index is 12.0. The number of anilines is 1. The van der Waals surface area contributed by atoms with Gasteiger partial charge in [-0.2, -0.15) is 0 Å². The highest BCUT2D eigenvalue weighted by atomic mass is 32.2. The molecule has 7 nitrogen and oxygen atoms in total. The second kappa shape index (κ2) is 9.49. The number of nitrogens with zero attached hydrogens (tertiary/aromatic N) is 2. The molecule has 2 N–H and O–H groups in total. The van der Waals surface area contributed by atoms with E-state index in [0.717, 1.165) is 11.3 Å². The van der Waals surface area contributed by atoms with Crippen molar-refractivity contribution < 1.29 is 14.3 Å². The Morgan fingerprint density at radius 1 is 1.19 bits per heavy atom. The van der Waals surface area contributed by atoms with Crippen LogP contribution in [0.2, 0.25) is 0 Å². The molecule has 0 radical (unpaired) electrons. The van der Waals surface area contributed by atoms with Crippen molar-refractivity contribution >= 4 is 51.4 Å². The molecular formula is C17H16N4O3S3. The van der Waals surface area contributed by atoms with Crippen molar-refractivity contribution in [3.05, 3.63) is 52.2 Å². The molecule has 27 heavy (non-hydrogen) atoms. The Bertz CT molecular complexity index is 895. The molecule has 0 atom stereocenters. The lowest BCUT2D eigenvalue weighted by Gasteiger charge is -2.05. The van der Waals surface area contributed by atoms with E-state index in [1.54, 1.807) is 13.2 Å². The van der Waals surface area contributed by atoms with Gasteiger partial charge in [0.05, 0.1) is 17.7 Å². The van der Waals surface area contributed by atoms with Gasteiger partial charge in [0.25, 0.3) is 5.91 Å². The third-order valence-corrected chi connectivity index (χ3v) is 6.19. The van der Waals surface area contributed by atoms with Crippen LogP contribution in [0.4, 0.5) is 5.13 Å². The van der Waals surface area contributed by atoms with Gasteiger partial charge in [0.2, 0.25) is 11.0 Å². The van der Waals surface area contributed by atoms with E-state index in [-0.39, 0.29) is 17.6 Å². The fourth-order valence-electron chi connectivity index (χ4n) is 2.01. The molecule has 0 aliphatic carbocycles. The number of hydrogen-bond acceptors (Lipinski definition) is 8. The summed E-state index contributed by atoms with van der Waals surface area (Å²) in [4.78, 5) is 24.6. The highest BCUT2D eigenvalue weighted by Crippen LogP contribution is 2.26. The topological polar surface area (TPSA) is 93.2 Å². The Balaban J connectivity index is 1.42. The van der Waals surface area contributed by atoms with E-state index in [1.165, 1.54) is 34.4 Å². The molecular weight excluding hydrogens is 404 g/mol. The van der Waals surface area contributed by atoms with Crippen LogP contribution in [0.15, 0.2) is 46.1 Å². The van der Waals surface area contributed by atoms with Gasteiger partial charge < -0.3 is 10.1 Å². The van der Waals surface area contributed by atoms with Gasteiger partial charge >= 0.3 is 0 Å². The first-order chi connectivity index (χ1) is 13.1. The lowest BCUT2D eigenvalue weighted by atomic mass is 10.2. The molecule has 0 spiro atoms. The molecule has 0 aliphatic heterocycles. The Labute approximate surface area is 168 Å². The Kier molecular flexibility index (Phi) is 6.80. The molecule has 0 unspecified atom stereocenters. The van der Waals surface area contributed by atoms with Crippen molar-refractivity contribution in [3.8, 4) is 5.75 Å². The summed E-state index contributed by atoms with van der Waals surface area (Å²) in [6.07, 6.45) is 0. The Morgan fingerprint density at radius 2 is 2.00 bits per heavy atom. The minimum Gasteiger partial charge on any atom is -0.497 e. The summed E-state index contributed by atoms with van der Waals surface area (Å²) in [7, 11) is 1.61. The second-order valence-electron chi connectivity index (χ2n) is 5.22. The molecule has 0 aliphatic rings. The van der Waals surface area contributed by atoms with Gasteiger partial charge in [-0.25, -0.2) is 0 Å². The van der Waals surface area contributed by atoms with Crippen LogP contribution in [0.1, 0.15) is 15.2 Å². The number of hydrogen-bond donors (Lipinski definition) is 2. The van der Waals surface area contributed by atoms with Gasteiger partial charge in [-0.15, -0.1) is 21.5 Å². The summed E-state index contributed by atoms with van der Waals surface area (Å²) >= 11 is 3.87. The van der Waals surface area contributed by atoms with Crippen LogP contribution in [0, 0.1) is 0 Å². The zero-order valence-electron chi connectivity index (χ0n) is 14.3. The summed E-state index contributed by atoms with van der Waals surface area (Å²) < 4.78 is 5.72. The zero-order valence-corrected chi connectivity index (χ0v) is 16.7. The minimum atomic E-state index is -0.213. The number of methoxy groups -OCH3 is 1. The lowest BCUT2D eigenvalue weighted by Crippen LogP contribution is -2.24. The van der Waals surface area contributed by atoms with E-state index < -0.39 is 0 Å². The number of nitrogens with one attached hydrogen (secondary N) is 2. The number of thioether (sulfide) groups is 1. The van der Waals surface area contributed by atoms with Crippen LogP contribution in [-0.4, -0.2) is 34.9 Å². The summed E-state index contributed by atoms with van der Waals surface area (Å²) in [6, 6.07) is 11.1. The van der Waals surface area contributed by atoms with Gasteiger partial charge in [-0.3, -0.25) is 14.9 Å². The number of rotatable bonds is 8. The minimum absolute atomic E-state index is 0.102. The van der Waals surface area contributed by atoms with Crippen LogP contribution >= 0.6 is 34.4 Å². The van der Waals surface area contributed by atoms with E-state index in [1.807, 2.05) is 35.7 Å². The Hall–Kier alpha value is -2.43. The van der Waals surface area contributed by atoms with Crippen molar-refractivity contribution in [1.29, 1.82) is 0 Å². The number of ether oxygens (including phenoxy) is 1. The molecule has 10 heteroatoms. The van der Waals surface area contributed by atoms with E-state index in [9.17, 15) is 9.59 Å². The molecule has 2 aromatic heterocycles. The normalized spacial score (nSPS) is 10.4. The van der Waals surface area contributed by atoms with Crippen LogP contribution in [0.3, 0.4) is 0 Å². The van der Waals surface area contributed by atoms with Gasteiger partial charge in [0.15, 0.2) is 4.34 Å². The maximum atomic E-state index is 12.0. The van der Waals surface area contributed by atoms with Crippen LogP contribution in [0.5, 0.6) is 5.75 Å². The number of carbonyl (C=O) groups is 2. The SMILES string of the molecule is COc1ccc(CNC(=O)CSc2nnc(NC(=O)c3cccs3)s2)cc1. The molecule has 140 valence electrons. The number of aromatic nitrogens is 2. The second-order valence-corrected chi connectivity index (χ2v) is 8.37. The van der Waals surface area contributed by atoms with E-state index in [0.29, 0.717) is 20.9 Å². The smallest absolute Gasteiger partial charge is 0.267 e. The summed E-state index contributed by atoms with van der Waals surface area (Å²) in [5, 5.41) is 15.7.